The third kappa shape index (κ3) is 4.41. The van der Waals surface area contributed by atoms with E-state index in [1.165, 1.54) is 31.4 Å². The fourth-order valence-electron chi connectivity index (χ4n) is 3.83. The summed E-state index contributed by atoms with van der Waals surface area (Å²) < 4.78 is 5.38. The highest BCUT2D eigenvalue weighted by molar-refractivity contribution is 5.99. The maximum Gasteiger partial charge on any atom is 0.293 e. The van der Waals surface area contributed by atoms with E-state index in [2.05, 4.69) is 0 Å². The Balaban J connectivity index is 1.84. The third-order valence-corrected chi connectivity index (χ3v) is 5.52. The Morgan fingerprint density at radius 3 is 2.25 bits per heavy atom. The van der Waals surface area contributed by atoms with Gasteiger partial charge in [-0.05, 0) is 19.1 Å². The number of carbonyl (C=O) groups is 1. The molecular formula is C21H25N5O6. The number of methoxy groups -OCH3 is 1. The normalized spacial score (nSPS) is 15.9. The molecule has 32 heavy (non-hydrogen) atoms. The quantitative estimate of drug-likeness (QED) is 0.493. The van der Waals surface area contributed by atoms with Crippen molar-refractivity contribution >= 4 is 28.7 Å². The van der Waals surface area contributed by atoms with E-state index in [4.69, 9.17) is 4.74 Å². The topological polar surface area (TPSA) is 122 Å². The number of hydrogen-bond acceptors (Lipinski definition) is 8. The first-order valence-corrected chi connectivity index (χ1v) is 9.98. The highest BCUT2D eigenvalue weighted by atomic mass is 16.6. The third-order valence-electron chi connectivity index (χ3n) is 5.52. The second kappa shape index (κ2) is 9.08. The molecule has 1 atom stereocenters. The molecule has 1 aliphatic heterocycles. The molecule has 1 aliphatic rings. The summed E-state index contributed by atoms with van der Waals surface area (Å²) in [6.45, 7) is 3.33. The molecule has 0 aliphatic carbocycles. The maximum atomic E-state index is 13.3. The van der Waals surface area contributed by atoms with Crippen LogP contribution < -0.4 is 14.5 Å². The minimum atomic E-state index is -0.512. The first-order chi connectivity index (χ1) is 15.1. The van der Waals surface area contributed by atoms with E-state index in [0.717, 1.165) is 5.69 Å². The van der Waals surface area contributed by atoms with Gasteiger partial charge in [0, 0.05) is 69.7 Å². The number of nitro groups is 2. The van der Waals surface area contributed by atoms with Crippen LogP contribution in [0.4, 0.5) is 22.7 Å². The molecule has 1 unspecified atom stereocenters. The summed E-state index contributed by atoms with van der Waals surface area (Å²) in [7, 11) is 4.79. The predicted molar refractivity (Wildman–Crippen MR) is 120 cm³/mol. The molecule has 11 heteroatoms. The molecule has 2 aromatic carbocycles. The van der Waals surface area contributed by atoms with Gasteiger partial charge in [-0.1, -0.05) is 0 Å². The second-order valence-corrected chi connectivity index (χ2v) is 7.76. The number of nitrogens with zero attached hydrogens (tertiary/aromatic N) is 5. The first-order valence-electron chi connectivity index (χ1n) is 9.98. The summed E-state index contributed by atoms with van der Waals surface area (Å²) in [4.78, 5) is 40.1. The minimum Gasteiger partial charge on any atom is -0.496 e. The van der Waals surface area contributed by atoms with Crippen LogP contribution in [0, 0.1) is 20.2 Å². The first kappa shape index (κ1) is 22.8. The Morgan fingerprint density at radius 1 is 1.09 bits per heavy atom. The number of amides is 1. The van der Waals surface area contributed by atoms with E-state index >= 15 is 0 Å². The van der Waals surface area contributed by atoms with Gasteiger partial charge in [0.05, 0.1) is 22.5 Å². The van der Waals surface area contributed by atoms with Crippen LogP contribution in [0.25, 0.3) is 0 Å². The van der Waals surface area contributed by atoms with E-state index < -0.39 is 9.85 Å². The Morgan fingerprint density at radius 2 is 1.75 bits per heavy atom. The summed E-state index contributed by atoms with van der Waals surface area (Å²) in [6, 6.07) is 8.86. The summed E-state index contributed by atoms with van der Waals surface area (Å²) in [6.07, 6.45) is 0. The summed E-state index contributed by atoms with van der Waals surface area (Å²) in [5.41, 5.74) is 1.17. The lowest BCUT2D eigenvalue weighted by Crippen LogP contribution is -2.54. The van der Waals surface area contributed by atoms with Crippen molar-refractivity contribution in [2.45, 2.75) is 13.0 Å². The van der Waals surface area contributed by atoms with Gasteiger partial charge in [0.2, 0.25) is 0 Å². The maximum absolute atomic E-state index is 13.3. The van der Waals surface area contributed by atoms with Crippen molar-refractivity contribution in [2.24, 2.45) is 0 Å². The van der Waals surface area contributed by atoms with Gasteiger partial charge in [-0.2, -0.15) is 0 Å². The van der Waals surface area contributed by atoms with Gasteiger partial charge in [-0.15, -0.1) is 0 Å². The lowest BCUT2D eigenvalue weighted by Gasteiger charge is -2.41. The molecule has 3 rings (SSSR count). The molecule has 0 saturated carbocycles. The van der Waals surface area contributed by atoms with Crippen LogP contribution in [0.1, 0.15) is 17.3 Å². The van der Waals surface area contributed by atoms with E-state index in [-0.39, 0.29) is 34.6 Å². The van der Waals surface area contributed by atoms with Gasteiger partial charge in [-0.3, -0.25) is 25.0 Å². The molecule has 0 aromatic heterocycles. The average molecular weight is 443 g/mol. The SMILES string of the molecule is COc1cc(N(C)C)c([N+](=O)[O-])cc1C(=O)N1CCN(c2ccc([N+](=O)[O-])cc2)CC1C. The van der Waals surface area contributed by atoms with Crippen molar-refractivity contribution in [3.8, 4) is 5.75 Å². The van der Waals surface area contributed by atoms with Gasteiger partial charge in [0.1, 0.15) is 11.4 Å². The van der Waals surface area contributed by atoms with Crippen molar-refractivity contribution in [2.75, 3.05) is 50.6 Å². The van der Waals surface area contributed by atoms with E-state index in [1.807, 2.05) is 11.8 Å². The number of ether oxygens (including phenoxy) is 1. The van der Waals surface area contributed by atoms with Crippen molar-refractivity contribution in [3.63, 3.8) is 0 Å². The Kier molecular flexibility index (Phi) is 6.47. The van der Waals surface area contributed by atoms with Crippen LogP contribution in [-0.4, -0.2) is 67.5 Å². The monoisotopic (exact) mass is 443 g/mol. The van der Waals surface area contributed by atoms with E-state index in [9.17, 15) is 25.0 Å². The molecule has 0 N–H and O–H groups in total. The standard InChI is InChI=1S/C21H25N5O6/c1-14-13-23(15-5-7-16(8-6-15)25(28)29)9-10-24(14)21(27)17-11-19(26(30)31)18(22(2)3)12-20(17)32-4/h5-8,11-12,14H,9-10,13H2,1-4H3. The molecule has 11 nitrogen and oxygen atoms in total. The van der Waals surface area contributed by atoms with Crippen LogP contribution in [-0.2, 0) is 0 Å². The number of non-ortho nitro benzene ring substituents is 1. The smallest absolute Gasteiger partial charge is 0.293 e. The number of nitro benzene ring substituents is 2. The summed E-state index contributed by atoms with van der Waals surface area (Å²) in [5.74, 6) is -0.0691. The molecule has 0 radical (unpaired) electrons. The number of benzene rings is 2. The molecule has 0 bridgehead atoms. The van der Waals surface area contributed by atoms with Crippen molar-refractivity contribution < 1.29 is 19.4 Å². The van der Waals surface area contributed by atoms with Gasteiger partial charge in [-0.25, -0.2) is 0 Å². The molecular weight excluding hydrogens is 418 g/mol. The molecule has 0 spiro atoms. The van der Waals surface area contributed by atoms with E-state index in [0.29, 0.717) is 25.3 Å². The van der Waals surface area contributed by atoms with E-state index in [1.54, 1.807) is 36.0 Å². The molecule has 2 aromatic rings. The Labute approximate surface area is 185 Å². The number of carbonyl (C=O) groups excluding carboxylic acids is 1. The lowest BCUT2D eigenvalue weighted by molar-refractivity contribution is -0.384. The number of hydrogen-bond donors (Lipinski definition) is 0. The Bertz CT molecular complexity index is 1040. The van der Waals surface area contributed by atoms with Crippen molar-refractivity contribution in [1.29, 1.82) is 0 Å². The Hall–Kier alpha value is -3.89. The van der Waals surface area contributed by atoms with Gasteiger partial charge < -0.3 is 19.4 Å². The largest absolute Gasteiger partial charge is 0.496 e. The second-order valence-electron chi connectivity index (χ2n) is 7.76. The molecule has 1 saturated heterocycles. The molecule has 1 heterocycles. The van der Waals surface area contributed by atoms with Gasteiger partial charge in [0.15, 0.2) is 0 Å². The fraction of sp³-hybridized carbons (Fsp3) is 0.381. The number of anilines is 2. The van der Waals surface area contributed by atoms with Gasteiger partial charge >= 0.3 is 0 Å². The fourth-order valence-corrected chi connectivity index (χ4v) is 3.83. The molecule has 1 fully saturated rings. The zero-order valence-corrected chi connectivity index (χ0v) is 18.3. The minimum absolute atomic E-state index is 0.0190. The number of piperazine rings is 1. The van der Waals surface area contributed by atoms with Crippen LogP contribution in [0.5, 0.6) is 5.75 Å². The van der Waals surface area contributed by atoms with Crippen molar-refractivity contribution in [3.05, 3.63) is 62.2 Å². The predicted octanol–water partition coefficient (Wildman–Crippen LogP) is 2.93. The zero-order chi connectivity index (χ0) is 23.6. The highest BCUT2D eigenvalue weighted by Gasteiger charge is 2.32. The highest BCUT2D eigenvalue weighted by Crippen LogP contribution is 2.35. The van der Waals surface area contributed by atoms with Crippen LogP contribution in [0.2, 0.25) is 0 Å². The molecule has 1 amide bonds. The summed E-state index contributed by atoms with van der Waals surface area (Å²) >= 11 is 0. The zero-order valence-electron chi connectivity index (χ0n) is 18.3. The van der Waals surface area contributed by atoms with Crippen LogP contribution in [0.3, 0.4) is 0 Å². The van der Waals surface area contributed by atoms with Crippen LogP contribution >= 0.6 is 0 Å². The van der Waals surface area contributed by atoms with Crippen LogP contribution in [0.15, 0.2) is 36.4 Å². The lowest BCUT2D eigenvalue weighted by atomic mass is 10.1. The number of rotatable bonds is 6. The van der Waals surface area contributed by atoms with Crippen molar-refractivity contribution in [1.82, 2.24) is 4.90 Å². The van der Waals surface area contributed by atoms with Gasteiger partial charge in [0.25, 0.3) is 17.3 Å². The average Bonchev–Trinajstić information content (AvgIpc) is 2.77. The molecule has 170 valence electrons. The summed E-state index contributed by atoms with van der Waals surface area (Å²) in [5, 5.41) is 22.4.